The molecule has 0 saturated carbocycles. The van der Waals surface area contributed by atoms with Crippen LogP contribution in [0.5, 0.6) is 0 Å². The summed E-state index contributed by atoms with van der Waals surface area (Å²) in [4.78, 5) is 33.2. The molecule has 2 heterocycles. The molecule has 0 aromatic carbocycles. The highest BCUT2D eigenvalue weighted by molar-refractivity contribution is 7.99. The van der Waals surface area contributed by atoms with E-state index in [0.717, 1.165) is 29.5 Å². The number of amides is 1. The molecule has 2 aromatic rings. The second-order valence-electron chi connectivity index (χ2n) is 5.02. The van der Waals surface area contributed by atoms with Gasteiger partial charge in [-0.25, -0.2) is 4.98 Å². The van der Waals surface area contributed by atoms with Crippen molar-refractivity contribution in [2.75, 3.05) is 12.3 Å². The average molecular weight is 333 g/mol. The van der Waals surface area contributed by atoms with Gasteiger partial charge in [-0.05, 0) is 24.8 Å². The number of nitrogens with one attached hydrogen (secondary N) is 2. The zero-order valence-electron chi connectivity index (χ0n) is 11.9. The van der Waals surface area contributed by atoms with E-state index in [2.05, 4.69) is 21.2 Å². The highest BCUT2D eigenvalue weighted by Gasteiger charge is 2.21. The van der Waals surface area contributed by atoms with Gasteiger partial charge in [0, 0.05) is 4.88 Å². The number of terminal acetylenes is 1. The lowest BCUT2D eigenvalue weighted by molar-refractivity contribution is -0.118. The third-order valence-corrected chi connectivity index (χ3v) is 5.61. The van der Waals surface area contributed by atoms with Gasteiger partial charge in [-0.1, -0.05) is 5.92 Å². The van der Waals surface area contributed by atoms with Crippen molar-refractivity contribution in [1.29, 1.82) is 0 Å². The van der Waals surface area contributed by atoms with Gasteiger partial charge >= 0.3 is 0 Å². The number of thioether (sulfide) groups is 1. The van der Waals surface area contributed by atoms with E-state index in [9.17, 15) is 9.59 Å². The molecule has 0 spiro atoms. The fraction of sp³-hybridized carbons (Fsp3) is 0.400. The first-order chi connectivity index (χ1) is 10.7. The van der Waals surface area contributed by atoms with E-state index in [-0.39, 0.29) is 18.0 Å². The molecule has 0 atom stereocenters. The normalized spacial score (nSPS) is 13.0. The summed E-state index contributed by atoms with van der Waals surface area (Å²) in [6.07, 6.45) is 8.23. The van der Waals surface area contributed by atoms with Crippen molar-refractivity contribution >= 4 is 39.2 Å². The fourth-order valence-corrected chi connectivity index (χ4v) is 4.56. The second kappa shape index (κ2) is 6.55. The molecule has 1 amide bonds. The molecule has 3 rings (SSSR count). The van der Waals surface area contributed by atoms with E-state index in [0.29, 0.717) is 17.3 Å². The molecular weight excluding hydrogens is 318 g/mol. The largest absolute Gasteiger partial charge is 0.344 e. The van der Waals surface area contributed by atoms with Crippen molar-refractivity contribution in [3.8, 4) is 12.3 Å². The number of aromatic amines is 1. The average Bonchev–Trinajstić information content (AvgIpc) is 3.05. The van der Waals surface area contributed by atoms with Crippen LogP contribution in [0.15, 0.2) is 4.79 Å². The van der Waals surface area contributed by atoms with Gasteiger partial charge < -0.3 is 10.3 Å². The first-order valence-electron chi connectivity index (χ1n) is 7.00. The molecule has 2 N–H and O–H groups in total. The summed E-state index contributed by atoms with van der Waals surface area (Å²) in [6.45, 7) is 0.237. The SMILES string of the molecule is C#CCNC(=O)CSCc1nc2sc3c(c2c(=O)[nH]1)CCC3. The maximum Gasteiger partial charge on any atom is 0.259 e. The molecule has 5 nitrogen and oxygen atoms in total. The molecule has 0 aliphatic heterocycles. The summed E-state index contributed by atoms with van der Waals surface area (Å²) in [5, 5.41) is 3.36. The summed E-state index contributed by atoms with van der Waals surface area (Å²) >= 11 is 3.03. The highest BCUT2D eigenvalue weighted by atomic mass is 32.2. The Kier molecular flexibility index (Phi) is 4.50. The van der Waals surface area contributed by atoms with E-state index in [1.807, 2.05) is 0 Å². The summed E-state index contributed by atoms with van der Waals surface area (Å²) in [7, 11) is 0. The van der Waals surface area contributed by atoms with Crippen LogP contribution in [0.2, 0.25) is 0 Å². The van der Waals surface area contributed by atoms with Crippen LogP contribution in [0.1, 0.15) is 22.7 Å². The van der Waals surface area contributed by atoms with Crippen molar-refractivity contribution in [3.63, 3.8) is 0 Å². The van der Waals surface area contributed by atoms with E-state index in [1.165, 1.54) is 22.2 Å². The molecule has 0 radical (unpaired) electrons. The minimum atomic E-state index is -0.110. The number of carbonyl (C=O) groups is 1. The quantitative estimate of drug-likeness (QED) is 0.812. The third kappa shape index (κ3) is 3.03. The summed E-state index contributed by atoms with van der Waals surface area (Å²) in [5.74, 6) is 3.65. The molecule has 2 aromatic heterocycles. The number of fused-ring (bicyclic) bond motifs is 3. The first kappa shape index (κ1) is 15.1. The standard InChI is InChI=1S/C15H15N3O2S2/c1-2-6-16-12(19)8-21-7-11-17-14(20)13-9-4-3-5-10(9)22-15(13)18-11/h1H,3-8H2,(H,16,19)(H,17,18,20). The number of carbonyl (C=O) groups excluding carboxylic acids is 1. The zero-order chi connectivity index (χ0) is 15.5. The van der Waals surface area contributed by atoms with E-state index in [4.69, 9.17) is 6.42 Å². The van der Waals surface area contributed by atoms with Crippen molar-refractivity contribution < 1.29 is 4.79 Å². The van der Waals surface area contributed by atoms with Crippen LogP contribution in [0.4, 0.5) is 0 Å². The zero-order valence-corrected chi connectivity index (χ0v) is 13.5. The molecule has 1 aliphatic carbocycles. The lowest BCUT2D eigenvalue weighted by atomic mass is 10.2. The minimum absolute atomic E-state index is 0.0585. The third-order valence-electron chi connectivity index (χ3n) is 3.48. The second-order valence-corrected chi connectivity index (χ2v) is 7.09. The van der Waals surface area contributed by atoms with Gasteiger partial charge in [0.15, 0.2) is 0 Å². The maximum atomic E-state index is 12.3. The molecule has 22 heavy (non-hydrogen) atoms. The van der Waals surface area contributed by atoms with Crippen LogP contribution in [-0.4, -0.2) is 28.2 Å². The molecule has 0 fully saturated rings. The number of aromatic nitrogens is 2. The smallest absolute Gasteiger partial charge is 0.259 e. The summed E-state index contributed by atoms with van der Waals surface area (Å²) in [5.41, 5.74) is 1.12. The van der Waals surface area contributed by atoms with Crippen molar-refractivity contribution in [1.82, 2.24) is 15.3 Å². The van der Waals surface area contributed by atoms with Gasteiger partial charge in [-0.3, -0.25) is 9.59 Å². The Labute approximate surface area is 135 Å². The monoisotopic (exact) mass is 333 g/mol. The Balaban J connectivity index is 1.69. The number of hydrogen-bond donors (Lipinski definition) is 2. The van der Waals surface area contributed by atoms with Gasteiger partial charge in [0.2, 0.25) is 5.91 Å². The van der Waals surface area contributed by atoms with E-state index in [1.54, 1.807) is 11.3 Å². The van der Waals surface area contributed by atoms with Crippen molar-refractivity contribution in [2.24, 2.45) is 0 Å². The number of nitrogens with zero attached hydrogens (tertiary/aromatic N) is 1. The van der Waals surface area contributed by atoms with E-state index >= 15 is 0 Å². The van der Waals surface area contributed by atoms with Crippen molar-refractivity contribution in [3.05, 3.63) is 26.6 Å². The molecule has 7 heteroatoms. The van der Waals surface area contributed by atoms with Crippen LogP contribution in [-0.2, 0) is 23.4 Å². The summed E-state index contributed by atoms with van der Waals surface area (Å²) in [6, 6.07) is 0. The Morgan fingerprint density at radius 2 is 2.36 bits per heavy atom. The topological polar surface area (TPSA) is 74.8 Å². The van der Waals surface area contributed by atoms with Crippen LogP contribution >= 0.6 is 23.1 Å². The number of thiophene rings is 1. The van der Waals surface area contributed by atoms with Crippen LogP contribution in [0.25, 0.3) is 10.2 Å². The van der Waals surface area contributed by atoms with Gasteiger partial charge in [0.1, 0.15) is 10.7 Å². The number of H-pyrrole nitrogens is 1. The van der Waals surface area contributed by atoms with Gasteiger partial charge in [0.05, 0.1) is 23.4 Å². The Morgan fingerprint density at radius 1 is 1.50 bits per heavy atom. The summed E-state index contributed by atoms with van der Waals surface area (Å²) < 4.78 is 0. The van der Waals surface area contributed by atoms with Crippen LogP contribution in [0, 0.1) is 12.3 Å². The van der Waals surface area contributed by atoms with Gasteiger partial charge in [-0.15, -0.1) is 29.5 Å². The first-order valence-corrected chi connectivity index (χ1v) is 8.97. The molecule has 0 saturated heterocycles. The highest BCUT2D eigenvalue weighted by Crippen LogP contribution is 2.34. The fourth-order valence-electron chi connectivity index (χ4n) is 2.56. The van der Waals surface area contributed by atoms with Crippen molar-refractivity contribution in [2.45, 2.75) is 25.0 Å². The Morgan fingerprint density at radius 3 is 3.18 bits per heavy atom. The predicted molar refractivity (Wildman–Crippen MR) is 90.3 cm³/mol. The molecule has 1 aliphatic rings. The number of rotatable bonds is 5. The Hall–Kier alpha value is -1.78. The number of aryl methyl sites for hydroxylation is 2. The lowest BCUT2D eigenvalue weighted by Gasteiger charge is -2.02. The minimum Gasteiger partial charge on any atom is -0.344 e. The van der Waals surface area contributed by atoms with E-state index < -0.39 is 0 Å². The van der Waals surface area contributed by atoms with Gasteiger partial charge in [-0.2, -0.15) is 0 Å². The maximum absolute atomic E-state index is 12.3. The lowest BCUT2D eigenvalue weighted by Crippen LogP contribution is -2.25. The Bertz CT molecular complexity index is 817. The van der Waals surface area contributed by atoms with Crippen LogP contribution < -0.4 is 10.9 Å². The number of hydrogen-bond acceptors (Lipinski definition) is 5. The predicted octanol–water partition coefficient (Wildman–Crippen LogP) is 1.46. The molecular formula is C15H15N3O2S2. The molecule has 0 bridgehead atoms. The van der Waals surface area contributed by atoms with Crippen LogP contribution in [0.3, 0.4) is 0 Å². The molecule has 114 valence electrons. The molecule has 0 unspecified atom stereocenters. The van der Waals surface area contributed by atoms with Gasteiger partial charge in [0.25, 0.3) is 5.56 Å².